The first-order chi connectivity index (χ1) is 7.31. The van der Waals surface area contributed by atoms with Gasteiger partial charge in [0.05, 0.1) is 16.6 Å². The van der Waals surface area contributed by atoms with E-state index in [1.165, 1.54) is 0 Å². The third-order valence-corrected chi connectivity index (χ3v) is 2.64. The molecule has 0 aromatic heterocycles. The van der Waals surface area contributed by atoms with Crippen molar-refractivity contribution in [2.24, 2.45) is 5.73 Å². The maximum Gasteiger partial charge on any atom is 0.210 e. The molecule has 1 rings (SSSR count). The minimum absolute atomic E-state index is 0.0208. The Balaban J connectivity index is 0.000000325. The lowest BCUT2D eigenvalue weighted by atomic mass is 10.2. The number of nitrogens with two attached hydrogens (primary N) is 1. The van der Waals surface area contributed by atoms with Crippen LogP contribution >= 0.6 is 12.2 Å². The lowest BCUT2D eigenvalue weighted by Crippen LogP contribution is -2.38. The van der Waals surface area contributed by atoms with Crippen LogP contribution in [0.1, 0.15) is 33.6 Å². The van der Waals surface area contributed by atoms with Crippen molar-refractivity contribution in [3.63, 3.8) is 0 Å². The van der Waals surface area contributed by atoms with E-state index >= 15 is 0 Å². The van der Waals surface area contributed by atoms with E-state index in [1.54, 1.807) is 12.0 Å². The monoisotopic (exact) mass is 246 g/mol. The fourth-order valence-electron chi connectivity index (χ4n) is 1.22. The second-order valence-electron chi connectivity index (χ2n) is 4.72. The van der Waals surface area contributed by atoms with Gasteiger partial charge in [-0.2, -0.15) is 0 Å². The predicted octanol–water partition coefficient (Wildman–Crippen LogP) is 1.32. The second kappa shape index (κ2) is 6.81. The lowest BCUT2D eigenvalue weighted by Gasteiger charge is -2.17. The Kier molecular flexibility index (Phi) is 6.52. The summed E-state index contributed by atoms with van der Waals surface area (Å²) < 4.78 is 4.94. The summed E-state index contributed by atoms with van der Waals surface area (Å²) in [6, 6.07) is 0.0208. The number of amides is 1. The smallest absolute Gasteiger partial charge is 0.210 e. The average Bonchev–Trinajstić information content (AvgIpc) is 2.65. The van der Waals surface area contributed by atoms with Gasteiger partial charge in [0.15, 0.2) is 0 Å². The van der Waals surface area contributed by atoms with Crippen molar-refractivity contribution in [3.8, 4) is 0 Å². The van der Waals surface area contributed by atoms with Crippen molar-refractivity contribution in [3.05, 3.63) is 0 Å². The Labute approximate surface area is 103 Å². The summed E-state index contributed by atoms with van der Waals surface area (Å²) in [7, 11) is 1.71. The minimum Gasteiger partial charge on any atom is -0.392 e. The van der Waals surface area contributed by atoms with Crippen LogP contribution in [0.3, 0.4) is 0 Å². The molecule has 0 spiro atoms. The summed E-state index contributed by atoms with van der Waals surface area (Å²) in [5.74, 6) is 0. The molecule has 5 heteroatoms. The highest BCUT2D eigenvalue weighted by atomic mass is 32.1. The van der Waals surface area contributed by atoms with Crippen LogP contribution in [0.5, 0.6) is 0 Å². The molecule has 0 bridgehead atoms. The summed E-state index contributed by atoms with van der Waals surface area (Å²) >= 11 is 4.78. The number of hydrogen-bond acceptors (Lipinski definition) is 3. The summed E-state index contributed by atoms with van der Waals surface area (Å²) in [6.45, 7) is 6.86. The Bertz CT molecular complexity index is 239. The van der Waals surface area contributed by atoms with Gasteiger partial charge in [0.25, 0.3) is 0 Å². The maximum absolute atomic E-state index is 10.3. The summed E-state index contributed by atoms with van der Waals surface area (Å²) in [6.07, 6.45) is 2.76. The molecule has 1 saturated heterocycles. The Morgan fingerprint density at radius 3 is 2.31 bits per heavy atom. The van der Waals surface area contributed by atoms with Crippen LogP contribution in [0, 0.1) is 0 Å². The van der Waals surface area contributed by atoms with E-state index in [-0.39, 0.29) is 11.6 Å². The summed E-state index contributed by atoms with van der Waals surface area (Å²) in [4.78, 5) is 12.4. The number of hydrogen-bond donors (Lipinski definition) is 1. The molecule has 0 aromatic rings. The zero-order valence-electron chi connectivity index (χ0n) is 10.5. The highest BCUT2D eigenvalue weighted by Gasteiger charge is 2.24. The molecule has 1 atom stereocenters. The second-order valence-corrected chi connectivity index (χ2v) is 5.19. The Morgan fingerprint density at radius 2 is 2.06 bits per heavy atom. The molecule has 1 heterocycles. The van der Waals surface area contributed by atoms with Crippen LogP contribution in [0.4, 0.5) is 0 Å². The van der Waals surface area contributed by atoms with Gasteiger partial charge in [-0.25, -0.2) is 0 Å². The van der Waals surface area contributed by atoms with Gasteiger partial charge >= 0.3 is 0 Å². The topological polar surface area (TPSA) is 55.6 Å². The SMILES string of the molecule is COC(C)(C)C.NC(=S)C1CCCN1C=O. The van der Waals surface area contributed by atoms with Crippen LogP contribution in [0.2, 0.25) is 0 Å². The number of thiocarbonyl (C=S) groups is 1. The van der Waals surface area contributed by atoms with E-state index in [0.29, 0.717) is 4.99 Å². The Hall–Kier alpha value is -0.680. The van der Waals surface area contributed by atoms with Gasteiger partial charge in [0.1, 0.15) is 0 Å². The molecule has 1 unspecified atom stereocenters. The van der Waals surface area contributed by atoms with Crippen molar-refractivity contribution in [2.45, 2.75) is 45.3 Å². The normalized spacial score (nSPS) is 20.0. The quantitative estimate of drug-likeness (QED) is 0.590. The zero-order valence-corrected chi connectivity index (χ0v) is 11.3. The van der Waals surface area contributed by atoms with Gasteiger partial charge < -0.3 is 15.4 Å². The summed E-state index contributed by atoms with van der Waals surface area (Å²) in [5.41, 5.74) is 5.44. The number of likely N-dealkylation sites (tertiary alicyclic amines) is 1. The van der Waals surface area contributed by atoms with Crippen molar-refractivity contribution >= 4 is 23.6 Å². The van der Waals surface area contributed by atoms with E-state index in [1.807, 2.05) is 20.8 Å². The standard InChI is InChI=1S/C6H10N2OS.C5H12O/c7-6(10)5-2-1-3-8(5)4-9;1-5(2,3)6-4/h4-5H,1-3H2,(H2,7,10);1-4H3. The number of carbonyl (C=O) groups excluding carboxylic acids is 1. The predicted molar refractivity (Wildman–Crippen MR) is 69.3 cm³/mol. The van der Waals surface area contributed by atoms with Gasteiger partial charge in [0, 0.05) is 13.7 Å². The summed E-state index contributed by atoms with van der Waals surface area (Å²) in [5, 5.41) is 0. The van der Waals surface area contributed by atoms with Crippen LogP contribution in [-0.2, 0) is 9.53 Å². The molecule has 16 heavy (non-hydrogen) atoms. The molecule has 0 aromatic carbocycles. The third-order valence-electron chi connectivity index (χ3n) is 2.37. The number of methoxy groups -OCH3 is 1. The van der Waals surface area contributed by atoms with Crippen molar-refractivity contribution in [2.75, 3.05) is 13.7 Å². The highest BCUT2D eigenvalue weighted by molar-refractivity contribution is 7.80. The fourth-order valence-corrected chi connectivity index (χ4v) is 1.47. The highest BCUT2D eigenvalue weighted by Crippen LogP contribution is 2.14. The number of ether oxygens (including phenoxy) is 1. The number of nitrogens with zero attached hydrogens (tertiary/aromatic N) is 1. The average molecular weight is 246 g/mol. The van der Waals surface area contributed by atoms with Crippen molar-refractivity contribution < 1.29 is 9.53 Å². The number of carbonyl (C=O) groups is 1. The first kappa shape index (κ1) is 15.3. The van der Waals surface area contributed by atoms with E-state index in [4.69, 9.17) is 22.7 Å². The van der Waals surface area contributed by atoms with E-state index in [0.717, 1.165) is 25.8 Å². The molecular formula is C11H22N2O2S. The molecule has 0 aliphatic carbocycles. The largest absolute Gasteiger partial charge is 0.392 e. The van der Waals surface area contributed by atoms with Gasteiger partial charge in [-0.15, -0.1) is 0 Å². The molecule has 0 saturated carbocycles. The zero-order chi connectivity index (χ0) is 12.8. The van der Waals surface area contributed by atoms with Gasteiger partial charge in [-0.1, -0.05) is 12.2 Å². The van der Waals surface area contributed by atoms with Crippen LogP contribution in [0.15, 0.2) is 0 Å². The molecule has 1 aliphatic rings. The van der Waals surface area contributed by atoms with Gasteiger partial charge in [0.2, 0.25) is 6.41 Å². The fraction of sp³-hybridized carbons (Fsp3) is 0.818. The molecule has 1 fully saturated rings. The molecule has 2 N–H and O–H groups in total. The van der Waals surface area contributed by atoms with Gasteiger partial charge in [-0.05, 0) is 33.6 Å². The van der Waals surface area contributed by atoms with Crippen molar-refractivity contribution in [1.82, 2.24) is 4.90 Å². The molecule has 1 aliphatic heterocycles. The minimum atomic E-state index is 0.0208. The Morgan fingerprint density at radius 1 is 1.56 bits per heavy atom. The lowest BCUT2D eigenvalue weighted by molar-refractivity contribution is -0.117. The molecule has 0 radical (unpaired) electrons. The van der Waals surface area contributed by atoms with Crippen LogP contribution in [0.25, 0.3) is 0 Å². The van der Waals surface area contributed by atoms with E-state index in [2.05, 4.69) is 0 Å². The third kappa shape index (κ3) is 6.02. The molecule has 94 valence electrons. The van der Waals surface area contributed by atoms with Crippen LogP contribution in [-0.4, -0.2) is 41.6 Å². The first-order valence-corrected chi connectivity index (χ1v) is 5.78. The van der Waals surface area contributed by atoms with E-state index in [9.17, 15) is 4.79 Å². The maximum atomic E-state index is 10.3. The molecular weight excluding hydrogens is 224 g/mol. The van der Waals surface area contributed by atoms with Crippen molar-refractivity contribution in [1.29, 1.82) is 0 Å². The molecule has 4 nitrogen and oxygen atoms in total. The molecule has 1 amide bonds. The van der Waals surface area contributed by atoms with Gasteiger partial charge in [-0.3, -0.25) is 4.79 Å². The number of rotatable bonds is 2. The van der Waals surface area contributed by atoms with Crippen LogP contribution < -0.4 is 5.73 Å². The van der Waals surface area contributed by atoms with E-state index < -0.39 is 0 Å². The first-order valence-electron chi connectivity index (χ1n) is 5.37.